The van der Waals surface area contributed by atoms with Crippen molar-refractivity contribution < 1.29 is 30.7 Å². The topological polar surface area (TPSA) is 100 Å². The number of nitrogens with one attached hydrogen (secondary N) is 2. The molecule has 0 bridgehead atoms. The van der Waals surface area contributed by atoms with Crippen LogP contribution in [0.25, 0.3) is 0 Å². The monoisotopic (exact) mass is 531 g/mol. The number of hydrogen-bond acceptors (Lipinski definition) is 7. The summed E-state index contributed by atoms with van der Waals surface area (Å²) in [5, 5.41) is 8.34. The molecular formula is C21H21F4N5O3S2. The van der Waals surface area contributed by atoms with Crippen molar-refractivity contribution >= 4 is 26.5 Å². The van der Waals surface area contributed by atoms with Gasteiger partial charge >= 0.3 is 6.18 Å². The number of hydrogen-bond donors (Lipinski definition) is 2. The summed E-state index contributed by atoms with van der Waals surface area (Å²) in [5.41, 5.74) is 0.941. The second-order valence-electron chi connectivity index (χ2n) is 8.44. The molecule has 3 atom stereocenters. The molecule has 35 heavy (non-hydrogen) atoms. The number of fused-ring (bicyclic) bond motifs is 1. The van der Waals surface area contributed by atoms with Gasteiger partial charge in [0.2, 0.25) is 0 Å². The van der Waals surface area contributed by atoms with E-state index in [1.165, 1.54) is 12.4 Å². The molecule has 0 saturated carbocycles. The van der Waals surface area contributed by atoms with E-state index in [1.54, 1.807) is 11.4 Å². The molecule has 0 amide bonds. The molecule has 8 nitrogen and oxygen atoms in total. The van der Waals surface area contributed by atoms with Crippen LogP contribution in [0.3, 0.4) is 0 Å². The van der Waals surface area contributed by atoms with E-state index < -0.39 is 44.9 Å². The smallest absolute Gasteiger partial charge is 0.391 e. The van der Waals surface area contributed by atoms with Crippen molar-refractivity contribution in [2.45, 2.75) is 42.4 Å². The number of piperidine rings is 1. The maximum atomic E-state index is 15.2. The minimum absolute atomic E-state index is 0.0898. The molecule has 0 spiro atoms. The van der Waals surface area contributed by atoms with E-state index in [-0.39, 0.29) is 36.9 Å². The molecule has 14 heteroatoms. The SMILES string of the molecule is O=S(=O)(Nc1nccs1)c1cc2c(cc1F)C(N1CC[C@@H](C(F)(F)F)C[C@H]1c1ccn[nH]1)CCO2. The van der Waals surface area contributed by atoms with Crippen molar-refractivity contribution in [1.29, 1.82) is 0 Å². The first-order chi connectivity index (χ1) is 16.6. The van der Waals surface area contributed by atoms with E-state index in [0.717, 1.165) is 23.5 Å². The minimum atomic E-state index is -4.32. The van der Waals surface area contributed by atoms with Crippen molar-refractivity contribution in [2.24, 2.45) is 5.92 Å². The van der Waals surface area contributed by atoms with Crippen LogP contribution in [0.5, 0.6) is 5.75 Å². The van der Waals surface area contributed by atoms with Gasteiger partial charge in [-0.2, -0.15) is 18.3 Å². The van der Waals surface area contributed by atoms with Crippen LogP contribution in [0.4, 0.5) is 22.7 Å². The van der Waals surface area contributed by atoms with Crippen LogP contribution in [0, 0.1) is 11.7 Å². The first-order valence-electron chi connectivity index (χ1n) is 10.8. The maximum absolute atomic E-state index is 15.2. The van der Waals surface area contributed by atoms with Gasteiger partial charge in [0, 0.05) is 48.4 Å². The predicted octanol–water partition coefficient (Wildman–Crippen LogP) is 4.65. The highest BCUT2D eigenvalue weighted by Gasteiger charge is 2.47. The number of ether oxygens (including phenoxy) is 1. The Morgan fingerprint density at radius 1 is 1.20 bits per heavy atom. The number of anilines is 1. The van der Waals surface area contributed by atoms with Crippen molar-refractivity contribution in [3.05, 3.63) is 53.0 Å². The number of H-pyrrole nitrogens is 1. The minimum Gasteiger partial charge on any atom is -0.493 e. The molecule has 2 aliphatic rings. The Bertz CT molecular complexity index is 1280. The fraction of sp³-hybridized carbons (Fsp3) is 0.429. The van der Waals surface area contributed by atoms with E-state index in [0.29, 0.717) is 17.7 Å². The Morgan fingerprint density at radius 3 is 2.71 bits per heavy atom. The van der Waals surface area contributed by atoms with Gasteiger partial charge in [0.15, 0.2) is 5.13 Å². The number of thiazole rings is 1. The van der Waals surface area contributed by atoms with Crippen LogP contribution in [-0.4, -0.2) is 47.8 Å². The van der Waals surface area contributed by atoms with Crippen LogP contribution in [-0.2, 0) is 10.0 Å². The van der Waals surface area contributed by atoms with Gasteiger partial charge in [0.25, 0.3) is 10.0 Å². The summed E-state index contributed by atoms with van der Waals surface area (Å²) in [4.78, 5) is 5.16. The molecule has 5 rings (SSSR count). The first-order valence-corrected chi connectivity index (χ1v) is 13.2. The Balaban J connectivity index is 1.48. The molecule has 3 aromatic rings. The summed E-state index contributed by atoms with van der Waals surface area (Å²) in [7, 11) is -4.27. The van der Waals surface area contributed by atoms with Gasteiger partial charge in [0.1, 0.15) is 16.5 Å². The standard InChI is InChI=1S/C21H21F4N5O3S2/c22-14-10-13-16(30-6-2-12(21(23,24)25)9-17(30)15-1-4-27-28-15)3-7-33-18(13)11-19(14)35(31,32)29-20-26-5-8-34-20/h1,4-5,8,10-12,16-17H,2-3,6-7,9H2,(H,26,29)(H,27,28)/t12-,16?,17+/m1/s1. The van der Waals surface area contributed by atoms with Crippen molar-refractivity contribution in [2.75, 3.05) is 17.9 Å². The van der Waals surface area contributed by atoms with E-state index in [4.69, 9.17) is 4.74 Å². The van der Waals surface area contributed by atoms with Crippen molar-refractivity contribution in [1.82, 2.24) is 20.1 Å². The lowest BCUT2D eigenvalue weighted by Gasteiger charge is -2.45. The quantitative estimate of drug-likeness (QED) is 0.465. The third-order valence-corrected chi connectivity index (χ3v) is 8.58. The number of alkyl halides is 3. The lowest BCUT2D eigenvalue weighted by Crippen LogP contribution is -2.44. The van der Waals surface area contributed by atoms with Crippen molar-refractivity contribution in [3.63, 3.8) is 0 Å². The number of sulfonamides is 1. The Kier molecular flexibility index (Phi) is 6.21. The normalized spacial score (nSPS) is 23.5. The van der Waals surface area contributed by atoms with E-state index in [9.17, 15) is 21.6 Å². The third-order valence-electron chi connectivity index (χ3n) is 6.40. The van der Waals surface area contributed by atoms with Crippen molar-refractivity contribution in [3.8, 4) is 5.75 Å². The molecule has 2 N–H and O–H groups in total. The molecule has 0 aliphatic carbocycles. The summed E-state index contributed by atoms with van der Waals surface area (Å²) >= 11 is 1.05. The number of rotatable bonds is 5. The van der Waals surface area contributed by atoms with E-state index in [1.807, 2.05) is 4.90 Å². The summed E-state index contributed by atoms with van der Waals surface area (Å²) < 4.78 is 89.2. The van der Waals surface area contributed by atoms with Crippen LogP contribution in [0.2, 0.25) is 0 Å². The lowest BCUT2D eigenvalue weighted by molar-refractivity contribution is -0.192. The van der Waals surface area contributed by atoms with E-state index in [2.05, 4.69) is 19.9 Å². The molecular weight excluding hydrogens is 510 g/mol. The Morgan fingerprint density at radius 2 is 2.03 bits per heavy atom. The fourth-order valence-electron chi connectivity index (χ4n) is 4.78. The van der Waals surface area contributed by atoms with Crippen LogP contribution in [0.15, 0.2) is 40.9 Å². The average molecular weight is 532 g/mol. The number of halogens is 4. The van der Waals surface area contributed by atoms with Gasteiger partial charge in [-0.25, -0.2) is 17.8 Å². The molecule has 188 valence electrons. The second-order valence-corrected chi connectivity index (χ2v) is 11.0. The summed E-state index contributed by atoms with van der Waals surface area (Å²) in [6.07, 6.45) is -1.26. The zero-order chi connectivity index (χ0) is 24.8. The second kappa shape index (κ2) is 9.06. The number of aromatic amines is 1. The molecule has 1 aromatic carbocycles. The third kappa shape index (κ3) is 4.74. The van der Waals surface area contributed by atoms with Gasteiger partial charge in [-0.15, -0.1) is 11.3 Å². The molecule has 0 radical (unpaired) electrons. The number of aromatic nitrogens is 3. The van der Waals surface area contributed by atoms with Gasteiger partial charge in [0.05, 0.1) is 24.3 Å². The Labute approximate surface area is 202 Å². The highest BCUT2D eigenvalue weighted by Crippen LogP contribution is 2.48. The first kappa shape index (κ1) is 24.0. The largest absolute Gasteiger partial charge is 0.493 e. The van der Waals surface area contributed by atoms with Gasteiger partial charge in [-0.1, -0.05) is 0 Å². The zero-order valence-corrected chi connectivity index (χ0v) is 19.8. The summed E-state index contributed by atoms with van der Waals surface area (Å²) in [6, 6.07) is 2.79. The molecule has 1 fully saturated rings. The molecule has 2 aliphatic heterocycles. The highest BCUT2D eigenvalue weighted by molar-refractivity contribution is 7.93. The fourth-order valence-corrected chi connectivity index (χ4v) is 6.64. The molecule has 4 heterocycles. The van der Waals surface area contributed by atoms with E-state index >= 15 is 4.39 Å². The summed E-state index contributed by atoms with van der Waals surface area (Å²) in [5.74, 6) is -2.26. The zero-order valence-electron chi connectivity index (χ0n) is 18.1. The van der Waals surface area contributed by atoms with Crippen LogP contribution < -0.4 is 9.46 Å². The number of nitrogens with zero attached hydrogens (tertiary/aromatic N) is 3. The summed E-state index contributed by atoms with van der Waals surface area (Å²) in [6.45, 7) is 0.336. The maximum Gasteiger partial charge on any atom is 0.391 e. The molecule has 1 saturated heterocycles. The predicted molar refractivity (Wildman–Crippen MR) is 119 cm³/mol. The van der Waals surface area contributed by atoms with Gasteiger partial charge in [-0.3, -0.25) is 14.7 Å². The van der Waals surface area contributed by atoms with Gasteiger partial charge in [-0.05, 0) is 25.0 Å². The lowest BCUT2D eigenvalue weighted by atomic mass is 9.85. The number of benzene rings is 1. The molecule has 1 unspecified atom stereocenters. The highest BCUT2D eigenvalue weighted by atomic mass is 32.2. The Hall–Kier alpha value is -2.71. The molecule has 2 aromatic heterocycles. The average Bonchev–Trinajstić information content (AvgIpc) is 3.51. The van der Waals surface area contributed by atoms with Gasteiger partial charge < -0.3 is 4.74 Å². The van der Waals surface area contributed by atoms with Crippen LogP contribution >= 0.6 is 11.3 Å². The van der Waals surface area contributed by atoms with Crippen LogP contribution in [0.1, 0.15) is 42.6 Å². The number of likely N-dealkylation sites (tertiary alicyclic amines) is 1.